The normalized spacial score (nSPS) is 20.6. The molecule has 190 valence electrons. The van der Waals surface area contributed by atoms with Gasteiger partial charge >= 0.3 is 5.97 Å². The minimum Gasteiger partial charge on any atom is -0.478 e. The van der Waals surface area contributed by atoms with Crippen LogP contribution in [0.1, 0.15) is 51.2 Å². The summed E-state index contributed by atoms with van der Waals surface area (Å²) in [7, 11) is 0. The van der Waals surface area contributed by atoms with Crippen molar-refractivity contribution in [2.75, 3.05) is 6.54 Å². The average molecular weight is 500 g/mol. The van der Waals surface area contributed by atoms with Gasteiger partial charge in [0.25, 0.3) is 0 Å². The van der Waals surface area contributed by atoms with Gasteiger partial charge in [0.15, 0.2) is 5.79 Å². The second-order valence-electron chi connectivity index (χ2n) is 9.54. The van der Waals surface area contributed by atoms with Crippen LogP contribution in [0.2, 0.25) is 0 Å². The van der Waals surface area contributed by atoms with Crippen molar-refractivity contribution in [3.63, 3.8) is 0 Å². The second kappa shape index (κ2) is 13.0. The Morgan fingerprint density at radius 2 is 1.57 bits per heavy atom. The molecular weight excluding hydrogens is 462 g/mol. The Balaban J connectivity index is 0.00000432. The molecule has 0 fully saturated rings. The smallest absolute Gasteiger partial charge is 0.335 e. The first-order valence-electron chi connectivity index (χ1n) is 12.1. The SMILES string of the molecule is CC(C)N(CCC(c1ccccc1)[C@H]1C=C(C(=O)O)C=CC1(O)OCc1ccccc1)C(C)C.Cl. The molecule has 3 atom stereocenters. The van der Waals surface area contributed by atoms with Crippen LogP contribution < -0.4 is 0 Å². The summed E-state index contributed by atoms with van der Waals surface area (Å²) in [4.78, 5) is 14.3. The molecule has 35 heavy (non-hydrogen) atoms. The maximum atomic E-state index is 11.8. The maximum Gasteiger partial charge on any atom is 0.335 e. The molecule has 0 spiro atoms. The van der Waals surface area contributed by atoms with Crippen LogP contribution in [0.3, 0.4) is 0 Å². The number of carboxylic acids is 1. The molecule has 0 aromatic heterocycles. The molecule has 2 aromatic rings. The highest BCUT2D eigenvalue weighted by Crippen LogP contribution is 2.42. The highest BCUT2D eigenvalue weighted by Gasteiger charge is 2.43. The Bertz CT molecular complexity index is 982. The first-order chi connectivity index (χ1) is 16.2. The summed E-state index contributed by atoms with van der Waals surface area (Å²) < 4.78 is 6.12. The van der Waals surface area contributed by atoms with Crippen molar-refractivity contribution >= 4 is 18.4 Å². The van der Waals surface area contributed by atoms with E-state index in [1.54, 1.807) is 6.08 Å². The van der Waals surface area contributed by atoms with E-state index in [2.05, 4.69) is 32.6 Å². The van der Waals surface area contributed by atoms with Crippen LogP contribution in [0.4, 0.5) is 0 Å². The zero-order valence-corrected chi connectivity index (χ0v) is 21.8. The molecule has 0 radical (unpaired) electrons. The Hall–Kier alpha value is -2.44. The van der Waals surface area contributed by atoms with Crippen LogP contribution in [-0.2, 0) is 16.1 Å². The monoisotopic (exact) mass is 499 g/mol. The molecule has 1 aliphatic carbocycles. The van der Waals surface area contributed by atoms with Gasteiger partial charge in [-0.2, -0.15) is 0 Å². The molecule has 5 nitrogen and oxygen atoms in total. The van der Waals surface area contributed by atoms with E-state index in [1.807, 2.05) is 60.7 Å². The van der Waals surface area contributed by atoms with Gasteiger partial charge in [-0.1, -0.05) is 66.7 Å². The summed E-state index contributed by atoms with van der Waals surface area (Å²) in [5.74, 6) is -3.34. The Kier molecular flexibility index (Phi) is 10.7. The van der Waals surface area contributed by atoms with E-state index in [0.29, 0.717) is 12.1 Å². The summed E-state index contributed by atoms with van der Waals surface area (Å²) in [6.07, 6.45) is 5.36. The van der Waals surface area contributed by atoms with Gasteiger partial charge in [-0.05, 0) is 69.9 Å². The Labute approximate surface area is 215 Å². The molecule has 2 unspecified atom stereocenters. The molecular formula is C29H38ClNO4. The van der Waals surface area contributed by atoms with Crippen LogP contribution >= 0.6 is 12.4 Å². The van der Waals surface area contributed by atoms with E-state index in [0.717, 1.165) is 24.1 Å². The topological polar surface area (TPSA) is 70.0 Å². The highest BCUT2D eigenvalue weighted by atomic mass is 35.5. The molecule has 6 heteroatoms. The lowest BCUT2D eigenvalue weighted by atomic mass is 9.75. The fourth-order valence-corrected chi connectivity index (χ4v) is 4.81. The second-order valence-corrected chi connectivity index (χ2v) is 9.54. The molecule has 0 saturated heterocycles. The molecule has 0 heterocycles. The van der Waals surface area contributed by atoms with Crippen molar-refractivity contribution < 1.29 is 19.7 Å². The number of aliphatic hydroxyl groups is 1. The number of hydrogen-bond acceptors (Lipinski definition) is 4. The van der Waals surface area contributed by atoms with Gasteiger partial charge in [-0.25, -0.2) is 4.79 Å². The van der Waals surface area contributed by atoms with E-state index in [9.17, 15) is 15.0 Å². The van der Waals surface area contributed by atoms with Gasteiger partial charge in [0, 0.05) is 18.0 Å². The minimum atomic E-state index is -1.63. The summed E-state index contributed by atoms with van der Waals surface area (Å²) in [5, 5.41) is 21.4. The van der Waals surface area contributed by atoms with Gasteiger partial charge in [-0.3, -0.25) is 4.90 Å². The lowest BCUT2D eigenvalue weighted by Gasteiger charge is -2.40. The quantitative estimate of drug-likeness (QED) is 0.382. The number of nitrogens with zero attached hydrogens (tertiary/aromatic N) is 1. The Morgan fingerprint density at radius 1 is 1.00 bits per heavy atom. The van der Waals surface area contributed by atoms with E-state index in [4.69, 9.17) is 4.74 Å². The number of rotatable bonds is 11. The van der Waals surface area contributed by atoms with E-state index >= 15 is 0 Å². The number of benzene rings is 2. The van der Waals surface area contributed by atoms with Crippen molar-refractivity contribution in [1.82, 2.24) is 4.90 Å². The van der Waals surface area contributed by atoms with Crippen molar-refractivity contribution in [2.24, 2.45) is 5.92 Å². The number of ether oxygens (including phenoxy) is 1. The molecule has 0 aliphatic heterocycles. The first kappa shape index (κ1) is 28.8. The molecule has 2 aromatic carbocycles. The third kappa shape index (κ3) is 7.52. The fourth-order valence-electron chi connectivity index (χ4n) is 4.81. The highest BCUT2D eigenvalue weighted by molar-refractivity contribution is 5.90. The molecule has 3 rings (SSSR count). The molecule has 2 N–H and O–H groups in total. The summed E-state index contributed by atoms with van der Waals surface area (Å²) in [6.45, 7) is 9.77. The number of hydrogen-bond donors (Lipinski definition) is 2. The standard InChI is InChI=1S/C29H37NO4.ClH/c1-21(2)30(22(3)4)18-16-26(24-13-9-6-10-14-24)27-19-25(28(31)32)15-17-29(27,33)34-20-23-11-7-5-8-12-23;/h5-15,17,19,21-22,26-27,33H,16,18,20H2,1-4H3,(H,31,32);1H/t26?,27-,29?;/m1./s1. The van der Waals surface area contributed by atoms with Gasteiger partial charge in [0.2, 0.25) is 0 Å². The minimum absolute atomic E-state index is 0. The molecule has 0 amide bonds. The molecule has 0 bridgehead atoms. The van der Waals surface area contributed by atoms with Gasteiger partial charge in [-0.15, -0.1) is 12.4 Å². The van der Waals surface area contributed by atoms with Crippen LogP contribution in [0.25, 0.3) is 0 Å². The lowest BCUT2D eigenvalue weighted by molar-refractivity contribution is -0.204. The molecule has 1 aliphatic rings. The number of aliphatic carboxylic acids is 1. The largest absolute Gasteiger partial charge is 0.478 e. The zero-order valence-electron chi connectivity index (χ0n) is 21.0. The van der Waals surface area contributed by atoms with Crippen molar-refractivity contribution in [1.29, 1.82) is 0 Å². The van der Waals surface area contributed by atoms with E-state index in [1.165, 1.54) is 12.2 Å². The lowest BCUT2D eigenvalue weighted by Crippen LogP contribution is -2.44. The van der Waals surface area contributed by atoms with Gasteiger partial charge in [0.1, 0.15) is 0 Å². The van der Waals surface area contributed by atoms with Crippen molar-refractivity contribution in [3.05, 3.63) is 95.6 Å². The number of carbonyl (C=O) groups is 1. The predicted molar refractivity (Wildman–Crippen MR) is 143 cm³/mol. The first-order valence-corrected chi connectivity index (χ1v) is 12.1. The average Bonchev–Trinajstić information content (AvgIpc) is 2.82. The van der Waals surface area contributed by atoms with E-state index in [-0.39, 0.29) is 30.5 Å². The van der Waals surface area contributed by atoms with Crippen LogP contribution in [-0.4, -0.2) is 45.5 Å². The van der Waals surface area contributed by atoms with Crippen molar-refractivity contribution in [3.8, 4) is 0 Å². The maximum absolute atomic E-state index is 11.8. The summed E-state index contributed by atoms with van der Waals surface area (Å²) in [6, 6.07) is 20.5. The summed E-state index contributed by atoms with van der Waals surface area (Å²) in [5.41, 5.74) is 2.17. The number of halogens is 1. The predicted octanol–water partition coefficient (Wildman–Crippen LogP) is 5.80. The third-order valence-corrected chi connectivity index (χ3v) is 6.58. The third-order valence-electron chi connectivity index (χ3n) is 6.58. The molecule has 0 saturated carbocycles. The van der Waals surface area contributed by atoms with Crippen LogP contribution in [0.5, 0.6) is 0 Å². The summed E-state index contributed by atoms with van der Waals surface area (Å²) >= 11 is 0. The van der Waals surface area contributed by atoms with Crippen LogP contribution in [0.15, 0.2) is 84.5 Å². The number of carboxylic acid groups (broad SMARTS) is 1. The zero-order chi connectivity index (χ0) is 24.7. The van der Waals surface area contributed by atoms with Crippen molar-refractivity contribution in [2.45, 2.75) is 64.5 Å². The van der Waals surface area contributed by atoms with E-state index < -0.39 is 17.7 Å². The fraction of sp³-hybridized carbons (Fsp3) is 0.414. The van der Waals surface area contributed by atoms with Gasteiger partial charge in [0.05, 0.1) is 12.2 Å². The Morgan fingerprint density at radius 3 is 2.11 bits per heavy atom. The van der Waals surface area contributed by atoms with Gasteiger partial charge < -0.3 is 14.9 Å². The van der Waals surface area contributed by atoms with Crippen LogP contribution in [0, 0.1) is 5.92 Å².